The third-order valence-corrected chi connectivity index (χ3v) is 3.26. The van der Waals surface area contributed by atoms with E-state index in [0.29, 0.717) is 18.9 Å². The van der Waals surface area contributed by atoms with E-state index in [1.807, 2.05) is 0 Å². The molecule has 6 nitrogen and oxygen atoms in total. The number of hydrogen-bond acceptors (Lipinski definition) is 5. The second kappa shape index (κ2) is 7.21. The maximum Gasteiger partial charge on any atom is 0.270 e. The zero-order valence-corrected chi connectivity index (χ0v) is 11.6. The number of nitro groups is 1. The smallest absolute Gasteiger partial charge is 0.270 e. The minimum absolute atomic E-state index is 0.0765. The summed E-state index contributed by atoms with van der Waals surface area (Å²) in [5, 5.41) is 14.0. The first-order chi connectivity index (χ1) is 9.70. The molecule has 0 amide bonds. The molecule has 0 bridgehead atoms. The van der Waals surface area contributed by atoms with Gasteiger partial charge in [-0.15, -0.1) is 0 Å². The Morgan fingerprint density at radius 3 is 2.90 bits per heavy atom. The van der Waals surface area contributed by atoms with E-state index in [2.05, 4.69) is 5.32 Å². The lowest BCUT2D eigenvalue weighted by atomic mass is 10.1. The van der Waals surface area contributed by atoms with E-state index in [-0.39, 0.29) is 5.69 Å². The van der Waals surface area contributed by atoms with Gasteiger partial charge in [0.05, 0.1) is 18.6 Å². The zero-order valence-electron chi connectivity index (χ0n) is 11.6. The van der Waals surface area contributed by atoms with Crippen molar-refractivity contribution in [2.24, 2.45) is 5.92 Å². The summed E-state index contributed by atoms with van der Waals surface area (Å²) in [7, 11) is 1.56. The van der Waals surface area contributed by atoms with Gasteiger partial charge in [-0.1, -0.05) is 0 Å². The lowest BCUT2D eigenvalue weighted by molar-refractivity contribution is -0.384. The summed E-state index contributed by atoms with van der Waals surface area (Å²) in [4.78, 5) is 10.4. The molecule has 1 aromatic carbocycles. The summed E-state index contributed by atoms with van der Waals surface area (Å²) in [5.74, 6) is 1.42. The predicted molar refractivity (Wildman–Crippen MR) is 74.9 cm³/mol. The molecule has 0 saturated heterocycles. The van der Waals surface area contributed by atoms with Crippen LogP contribution in [0.3, 0.4) is 0 Å². The van der Waals surface area contributed by atoms with Gasteiger partial charge in [-0.05, 0) is 24.8 Å². The van der Waals surface area contributed by atoms with Crippen LogP contribution in [0.5, 0.6) is 5.75 Å². The molecule has 1 N–H and O–H groups in total. The number of rotatable bonds is 9. The highest BCUT2D eigenvalue weighted by atomic mass is 16.6. The highest BCUT2D eigenvalue weighted by Crippen LogP contribution is 2.28. The second-order valence-electron chi connectivity index (χ2n) is 4.95. The van der Waals surface area contributed by atoms with Gasteiger partial charge < -0.3 is 14.8 Å². The van der Waals surface area contributed by atoms with Gasteiger partial charge in [-0.25, -0.2) is 0 Å². The van der Waals surface area contributed by atoms with Crippen LogP contribution < -0.4 is 10.1 Å². The minimum Gasteiger partial charge on any atom is -0.496 e. The van der Waals surface area contributed by atoms with E-state index in [0.717, 1.165) is 24.6 Å². The average Bonchev–Trinajstić information content (AvgIpc) is 3.26. The molecule has 1 saturated carbocycles. The highest BCUT2D eigenvalue weighted by molar-refractivity contribution is 5.43. The number of ether oxygens (including phenoxy) is 2. The number of benzene rings is 1. The Bertz CT molecular complexity index is 460. The van der Waals surface area contributed by atoms with E-state index < -0.39 is 4.92 Å². The molecular weight excluding hydrogens is 260 g/mol. The maximum atomic E-state index is 10.8. The van der Waals surface area contributed by atoms with Gasteiger partial charge in [0.1, 0.15) is 5.75 Å². The first-order valence-corrected chi connectivity index (χ1v) is 6.80. The standard InChI is InChI=1S/C14H20N2O4/c1-19-14-5-4-13(16(17)18)8-12(14)9-15-6-7-20-10-11-2-3-11/h4-5,8,11,15H,2-3,6-7,9-10H2,1H3. The van der Waals surface area contributed by atoms with Crippen molar-refractivity contribution >= 4 is 5.69 Å². The lowest BCUT2D eigenvalue weighted by Crippen LogP contribution is -2.20. The fraction of sp³-hybridized carbons (Fsp3) is 0.571. The SMILES string of the molecule is COc1ccc([N+](=O)[O-])cc1CNCCOCC1CC1. The Morgan fingerprint density at radius 1 is 1.45 bits per heavy atom. The molecule has 1 fully saturated rings. The van der Waals surface area contributed by atoms with Crippen molar-refractivity contribution in [2.75, 3.05) is 26.9 Å². The minimum atomic E-state index is -0.401. The van der Waals surface area contributed by atoms with Gasteiger partial charge in [0.2, 0.25) is 0 Å². The first-order valence-electron chi connectivity index (χ1n) is 6.80. The Kier molecular flexibility index (Phi) is 5.31. The predicted octanol–water partition coefficient (Wildman–Crippen LogP) is 2.12. The summed E-state index contributed by atoms with van der Waals surface area (Å²) in [6.07, 6.45) is 2.58. The van der Waals surface area contributed by atoms with Crippen LogP contribution in [-0.2, 0) is 11.3 Å². The maximum absolute atomic E-state index is 10.8. The van der Waals surface area contributed by atoms with Gasteiger partial charge in [-0.2, -0.15) is 0 Å². The van der Waals surface area contributed by atoms with Gasteiger partial charge in [0.15, 0.2) is 0 Å². The number of non-ortho nitro benzene ring substituents is 1. The van der Waals surface area contributed by atoms with Crippen molar-refractivity contribution in [3.8, 4) is 5.75 Å². The molecule has 20 heavy (non-hydrogen) atoms. The fourth-order valence-corrected chi connectivity index (χ4v) is 1.92. The first kappa shape index (κ1) is 14.7. The van der Waals surface area contributed by atoms with Crippen molar-refractivity contribution < 1.29 is 14.4 Å². The van der Waals surface area contributed by atoms with E-state index in [4.69, 9.17) is 9.47 Å². The van der Waals surface area contributed by atoms with Gasteiger partial charge in [-0.3, -0.25) is 10.1 Å². The number of nitro benzene ring substituents is 1. The van der Waals surface area contributed by atoms with Gasteiger partial charge in [0, 0.05) is 37.4 Å². The van der Waals surface area contributed by atoms with Crippen LogP contribution in [0.15, 0.2) is 18.2 Å². The molecule has 110 valence electrons. The van der Waals surface area contributed by atoms with Crippen molar-refractivity contribution in [3.63, 3.8) is 0 Å². The summed E-state index contributed by atoms with van der Waals surface area (Å²) in [6.45, 7) is 2.76. The molecular formula is C14H20N2O4. The molecule has 0 radical (unpaired) electrons. The fourth-order valence-electron chi connectivity index (χ4n) is 1.92. The lowest BCUT2D eigenvalue weighted by Gasteiger charge is -2.09. The topological polar surface area (TPSA) is 73.6 Å². The number of hydrogen-bond donors (Lipinski definition) is 1. The van der Waals surface area contributed by atoms with Crippen LogP contribution in [0.2, 0.25) is 0 Å². The van der Waals surface area contributed by atoms with Crippen molar-refractivity contribution in [2.45, 2.75) is 19.4 Å². The quantitative estimate of drug-likeness (QED) is 0.426. The highest BCUT2D eigenvalue weighted by Gasteiger charge is 2.20. The molecule has 0 aromatic heterocycles. The van der Waals surface area contributed by atoms with Crippen molar-refractivity contribution in [3.05, 3.63) is 33.9 Å². The Hall–Kier alpha value is -1.66. The zero-order chi connectivity index (χ0) is 14.4. The molecule has 1 aliphatic carbocycles. The van der Waals surface area contributed by atoms with Crippen molar-refractivity contribution in [1.82, 2.24) is 5.32 Å². The summed E-state index contributed by atoms with van der Waals surface area (Å²) < 4.78 is 10.7. The van der Waals surface area contributed by atoms with Crippen molar-refractivity contribution in [1.29, 1.82) is 0 Å². The molecule has 1 aliphatic rings. The third kappa shape index (κ3) is 4.47. The Labute approximate surface area is 118 Å². The second-order valence-corrected chi connectivity index (χ2v) is 4.95. The van der Waals surface area contributed by atoms with E-state index in [1.54, 1.807) is 13.2 Å². The van der Waals surface area contributed by atoms with Crippen LogP contribution in [0.1, 0.15) is 18.4 Å². The van der Waals surface area contributed by atoms with Gasteiger partial charge in [0.25, 0.3) is 5.69 Å². The van der Waals surface area contributed by atoms with Crippen LogP contribution in [0.25, 0.3) is 0 Å². The molecule has 1 aromatic rings. The molecule has 0 unspecified atom stereocenters. The summed E-state index contributed by atoms with van der Waals surface area (Å²) >= 11 is 0. The molecule has 0 heterocycles. The van der Waals surface area contributed by atoms with E-state index in [1.165, 1.54) is 25.0 Å². The molecule has 6 heteroatoms. The summed E-state index contributed by atoms with van der Waals surface area (Å²) in [6, 6.07) is 4.61. The van der Waals surface area contributed by atoms with Crippen LogP contribution in [0, 0.1) is 16.0 Å². The monoisotopic (exact) mass is 280 g/mol. The normalized spacial score (nSPS) is 14.2. The van der Waals surface area contributed by atoms with E-state index in [9.17, 15) is 10.1 Å². The van der Waals surface area contributed by atoms with E-state index >= 15 is 0 Å². The molecule has 2 rings (SSSR count). The van der Waals surface area contributed by atoms with Crippen LogP contribution in [0.4, 0.5) is 5.69 Å². The molecule has 0 atom stereocenters. The average molecular weight is 280 g/mol. The number of nitrogens with zero attached hydrogens (tertiary/aromatic N) is 1. The number of nitrogens with one attached hydrogen (secondary N) is 1. The third-order valence-electron chi connectivity index (χ3n) is 3.26. The molecule has 0 spiro atoms. The Balaban J connectivity index is 1.77. The molecule has 0 aliphatic heterocycles. The largest absolute Gasteiger partial charge is 0.496 e. The summed E-state index contributed by atoms with van der Waals surface area (Å²) in [5.41, 5.74) is 0.858. The number of methoxy groups -OCH3 is 1. The van der Waals surface area contributed by atoms with Crippen LogP contribution in [-0.4, -0.2) is 31.8 Å². The van der Waals surface area contributed by atoms with Gasteiger partial charge >= 0.3 is 0 Å². The van der Waals surface area contributed by atoms with Crippen LogP contribution >= 0.6 is 0 Å². The Morgan fingerprint density at radius 2 is 2.25 bits per heavy atom.